The maximum absolute atomic E-state index is 12.4. The molecule has 11 heteroatoms. The number of carboxylic acid groups (broad SMARTS) is 1. The molecule has 0 saturated carbocycles. The van der Waals surface area contributed by atoms with Crippen molar-refractivity contribution < 1.29 is 27.9 Å². The largest absolute Gasteiger partial charge is 0.490 e. The molecular weight excluding hydrogens is 415 g/mol. The Morgan fingerprint density at radius 1 is 1.19 bits per heavy atom. The van der Waals surface area contributed by atoms with Crippen molar-refractivity contribution in [1.82, 2.24) is 15.3 Å². The van der Waals surface area contributed by atoms with Crippen LogP contribution in [0.25, 0.3) is 0 Å². The summed E-state index contributed by atoms with van der Waals surface area (Å²) in [5.41, 5.74) is 2.23. The minimum Gasteiger partial charge on any atom is -0.475 e. The molecule has 0 aliphatic carbocycles. The van der Waals surface area contributed by atoms with Gasteiger partial charge >= 0.3 is 12.1 Å². The summed E-state index contributed by atoms with van der Waals surface area (Å²) in [4.78, 5) is 32.3. The van der Waals surface area contributed by atoms with Crippen molar-refractivity contribution in [3.63, 3.8) is 0 Å². The van der Waals surface area contributed by atoms with Crippen LogP contribution in [0.4, 0.5) is 24.7 Å². The van der Waals surface area contributed by atoms with E-state index in [2.05, 4.69) is 25.5 Å². The quantitative estimate of drug-likeness (QED) is 0.677. The van der Waals surface area contributed by atoms with E-state index < -0.39 is 12.1 Å². The van der Waals surface area contributed by atoms with E-state index >= 15 is 0 Å². The molecule has 2 saturated heterocycles. The molecule has 0 radical (unpaired) electrons. The Kier molecular flexibility index (Phi) is 6.74. The van der Waals surface area contributed by atoms with Crippen LogP contribution in [0.3, 0.4) is 0 Å². The zero-order valence-corrected chi connectivity index (χ0v) is 16.7. The first kappa shape index (κ1) is 22.5. The van der Waals surface area contributed by atoms with E-state index in [1.54, 1.807) is 6.20 Å². The topological polar surface area (TPSA) is 107 Å². The number of rotatable bonds is 3. The number of hydrogen-bond acceptors (Lipinski definition) is 6. The molecule has 2 aliphatic heterocycles. The summed E-state index contributed by atoms with van der Waals surface area (Å²) in [5, 5.41) is 13.4. The highest BCUT2D eigenvalue weighted by atomic mass is 19.4. The lowest BCUT2D eigenvalue weighted by Crippen LogP contribution is -2.27. The second-order valence-corrected chi connectivity index (χ2v) is 7.47. The van der Waals surface area contributed by atoms with Crippen LogP contribution < -0.4 is 15.5 Å². The highest BCUT2D eigenvalue weighted by molar-refractivity contribution is 6.02. The van der Waals surface area contributed by atoms with Crippen molar-refractivity contribution in [2.24, 2.45) is 11.8 Å². The van der Waals surface area contributed by atoms with Gasteiger partial charge in [0.05, 0.1) is 12.4 Å². The molecule has 2 atom stereocenters. The Labute approximate surface area is 176 Å². The van der Waals surface area contributed by atoms with Crippen molar-refractivity contribution in [3.05, 3.63) is 47.9 Å². The number of carbonyl (C=O) groups is 2. The fraction of sp³-hybridized carbons (Fsp3) is 0.400. The fourth-order valence-electron chi connectivity index (χ4n) is 3.58. The van der Waals surface area contributed by atoms with Gasteiger partial charge in [0.15, 0.2) is 0 Å². The maximum atomic E-state index is 12.4. The second-order valence-electron chi connectivity index (χ2n) is 7.47. The summed E-state index contributed by atoms with van der Waals surface area (Å²) in [5.74, 6) is -0.835. The van der Waals surface area contributed by atoms with Crippen LogP contribution in [-0.4, -0.2) is 59.3 Å². The molecule has 2 fully saturated rings. The number of aromatic nitrogens is 2. The highest BCUT2D eigenvalue weighted by Crippen LogP contribution is 2.29. The van der Waals surface area contributed by atoms with Crippen molar-refractivity contribution in [2.45, 2.75) is 13.1 Å². The van der Waals surface area contributed by atoms with Gasteiger partial charge in [-0.05, 0) is 36.5 Å². The summed E-state index contributed by atoms with van der Waals surface area (Å²) >= 11 is 0. The van der Waals surface area contributed by atoms with E-state index in [4.69, 9.17) is 9.90 Å². The molecule has 3 heterocycles. The van der Waals surface area contributed by atoms with Crippen molar-refractivity contribution in [1.29, 1.82) is 0 Å². The fourth-order valence-corrected chi connectivity index (χ4v) is 3.58. The predicted molar refractivity (Wildman–Crippen MR) is 107 cm³/mol. The number of aryl methyl sites for hydroxylation is 1. The Morgan fingerprint density at radius 3 is 2.42 bits per heavy atom. The smallest absolute Gasteiger partial charge is 0.475 e. The molecule has 0 unspecified atom stereocenters. The molecule has 1 amide bonds. The molecule has 3 N–H and O–H groups in total. The Bertz CT molecular complexity index is 942. The maximum Gasteiger partial charge on any atom is 0.490 e. The number of aliphatic carboxylic acids is 1. The van der Waals surface area contributed by atoms with Crippen molar-refractivity contribution in [3.8, 4) is 0 Å². The van der Waals surface area contributed by atoms with Gasteiger partial charge in [0, 0.05) is 31.9 Å². The van der Waals surface area contributed by atoms with Gasteiger partial charge in [-0.3, -0.25) is 9.78 Å². The number of benzene rings is 1. The summed E-state index contributed by atoms with van der Waals surface area (Å²) in [6, 6.07) is 7.72. The van der Waals surface area contributed by atoms with Crippen LogP contribution >= 0.6 is 0 Å². The number of halogens is 3. The third-order valence-electron chi connectivity index (χ3n) is 5.09. The molecule has 2 aliphatic rings. The lowest BCUT2D eigenvalue weighted by atomic mass is 10.0. The Hall–Kier alpha value is -3.21. The summed E-state index contributed by atoms with van der Waals surface area (Å²) in [7, 11) is 0. The molecular formula is C20H22F3N5O3. The standard InChI is InChI=1S/C18H21N5O.C2HF3O2/c1-12-3-2-4-15(5-12)21-18(24)16-8-20-9-17(22-16)23-10-13-6-19-7-14(13)11-23;3-2(4,5)1(6)7/h2-5,8-9,13-14,19H,6-7,10-11H2,1H3,(H,21,24);(H,6,7)/t13-,14+;. The van der Waals surface area contributed by atoms with Crippen LogP contribution in [0.15, 0.2) is 36.7 Å². The van der Waals surface area contributed by atoms with Crippen molar-refractivity contribution >= 4 is 23.4 Å². The summed E-state index contributed by atoms with van der Waals surface area (Å²) in [6.07, 6.45) is -1.81. The SMILES string of the molecule is Cc1cccc(NC(=O)c2cncc(N3C[C@H]4CNC[C@H]4C3)n2)c1.O=C(O)C(F)(F)F. The van der Waals surface area contributed by atoms with Crippen LogP contribution in [-0.2, 0) is 4.79 Å². The van der Waals surface area contributed by atoms with Gasteiger partial charge < -0.3 is 20.6 Å². The number of anilines is 2. The third kappa shape index (κ3) is 5.91. The molecule has 166 valence electrons. The summed E-state index contributed by atoms with van der Waals surface area (Å²) < 4.78 is 31.7. The van der Waals surface area contributed by atoms with E-state index in [1.807, 2.05) is 31.2 Å². The van der Waals surface area contributed by atoms with E-state index in [0.717, 1.165) is 43.2 Å². The normalized spacial score (nSPS) is 19.9. The number of nitrogens with one attached hydrogen (secondary N) is 2. The second kappa shape index (κ2) is 9.29. The molecule has 1 aromatic heterocycles. The summed E-state index contributed by atoms with van der Waals surface area (Å²) in [6.45, 7) is 6.10. The molecule has 2 aromatic rings. The van der Waals surface area contributed by atoms with E-state index in [9.17, 15) is 18.0 Å². The number of carboxylic acids is 1. The number of carbonyl (C=O) groups excluding carboxylic acids is 1. The van der Waals surface area contributed by atoms with Gasteiger partial charge in [-0.15, -0.1) is 0 Å². The van der Waals surface area contributed by atoms with Gasteiger partial charge in [-0.25, -0.2) is 9.78 Å². The van der Waals surface area contributed by atoms with Gasteiger partial charge in [0.2, 0.25) is 0 Å². The lowest BCUT2D eigenvalue weighted by Gasteiger charge is -2.18. The average Bonchev–Trinajstić information content (AvgIpc) is 3.30. The third-order valence-corrected chi connectivity index (χ3v) is 5.09. The molecule has 8 nitrogen and oxygen atoms in total. The van der Waals surface area contributed by atoms with Crippen LogP contribution in [0.2, 0.25) is 0 Å². The van der Waals surface area contributed by atoms with Gasteiger partial charge in [-0.2, -0.15) is 13.2 Å². The zero-order valence-electron chi connectivity index (χ0n) is 16.7. The number of fused-ring (bicyclic) bond motifs is 1. The van der Waals surface area contributed by atoms with Crippen LogP contribution in [0.1, 0.15) is 16.1 Å². The zero-order chi connectivity index (χ0) is 22.6. The predicted octanol–water partition coefficient (Wildman–Crippen LogP) is 2.33. The molecule has 1 aromatic carbocycles. The highest BCUT2D eigenvalue weighted by Gasteiger charge is 2.38. The minimum absolute atomic E-state index is 0.226. The Morgan fingerprint density at radius 2 is 1.84 bits per heavy atom. The van der Waals surface area contributed by atoms with E-state index in [0.29, 0.717) is 17.5 Å². The minimum atomic E-state index is -5.08. The van der Waals surface area contributed by atoms with Crippen molar-refractivity contribution in [2.75, 3.05) is 36.4 Å². The number of hydrogen-bond donors (Lipinski definition) is 3. The number of alkyl halides is 3. The van der Waals surface area contributed by atoms with Crippen LogP contribution in [0.5, 0.6) is 0 Å². The first-order valence-electron chi connectivity index (χ1n) is 9.59. The lowest BCUT2D eigenvalue weighted by molar-refractivity contribution is -0.192. The van der Waals surface area contributed by atoms with Gasteiger partial charge in [0.25, 0.3) is 5.91 Å². The monoisotopic (exact) mass is 437 g/mol. The first-order valence-corrected chi connectivity index (χ1v) is 9.59. The van der Waals surface area contributed by atoms with E-state index in [1.165, 1.54) is 6.20 Å². The molecule has 0 bridgehead atoms. The average molecular weight is 437 g/mol. The van der Waals surface area contributed by atoms with E-state index in [-0.39, 0.29) is 5.91 Å². The molecule has 31 heavy (non-hydrogen) atoms. The number of nitrogens with zero attached hydrogens (tertiary/aromatic N) is 3. The number of amides is 1. The first-order chi connectivity index (χ1) is 14.6. The van der Waals surface area contributed by atoms with Crippen LogP contribution in [0, 0.1) is 18.8 Å². The molecule has 0 spiro atoms. The molecule has 4 rings (SSSR count). The van der Waals surface area contributed by atoms with Gasteiger partial charge in [-0.1, -0.05) is 12.1 Å². The van der Waals surface area contributed by atoms with Gasteiger partial charge in [0.1, 0.15) is 11.5 Å². The Balaban J connectivity index is 0.000000339.